The van der Waals surface area contributed by atoms with Crippen LogP contribution in [-0.4, -0.2) is 3.26 Å². The Balaban J connectivity index is 1.41. The second-order valence-electron chi connectivity index (χ2n) is 16.3. The minimum absolute atomic E-state index is 0.365. The van der Waals surface area contributed by atoms with Gasteiger partial charge < -0.3 is 0 Å². The zero-order valence-electron chi connectivity index (χ0n) is 31.6. The van der Waals surface area contributed by atoms with E-state index in [1.807, 2.05) is 0 Å². The van der Waals surface area contributed by atoms with E-state index in [9.17, 15) is 0 Å². The predicted octanol–water partition coefficient (Wildman–Crippen LogP) is 13.5. The molecule has 52 heavy (non-hydrogen) atoms. The van der Waals surface area contributed by atoms with Crippen LogP contribution in [0.1, 0.15) is 63.0 Å². The van der Waals surface area contributed by atoms with Crippen LogP contribution in [0.4, 0.5) is 0 Å². The average molecular weight is 841 g/mol. The molecule has 0 saturated heterocycles. The fourth-order valence-corrected chi connectivity index (χ4v) is 33.4. The summed E-state index contributed by atoms with van der Waals surface area (Å²) in [6.45, 7) is 9.04. The third-order valence-corrected chi connectivity index (χ3v) is 39.9. The van der Waals surface area contributed by atoms with E-state index in [0.717, 1.165) is 12.8 Å². The molecule has 258 valence electrons. The number of rotatable bonds is 8. The van der Waals surface area contributed by atoms with Gasteiger partial charge in [-0.25, -0.2) is 0 Å². The van der Waals surface area contributed by atoms with Gasteiger partial charge in [0.05, 0.1) is 0 Å². The van der Waals surface area contributed by atoms with Crippen LogP contribution in [0.5, 0.6) is 0 Å². The van der Waals surface area contributed by atoms with Crippen LogP contribution in [-0.2, 0) is 30.9 Å². The monoisotopic (exact) mass is 842 g/mol. The van der Waals surface area contributed by atoms with Crippen LogP contribution in [0.15, 0.2) is 146 Å². The molecule has 0 amide bonds. The minimum atomic E-state index is -4.47. The van der Waals surface area contributed by atoms with Crippen molar-refractivity contribution < 1.29 is 18.0 Å². The average Bonchev–Trinajstić information content (AvgIpc) is 3.82. The summed E-state index contributed by atoms with van der Waals surface area (Å²) in [5.41, 5.74) is 19.6. The van der Waals surface area contributed by atoms with E-state index in [0.29, 0.717) is 7.35 Å². The second kappa shape index (κ2) is 13.5. The van der Waals surface area contributed by atoms with Gasteiger partial charge >= 0.3 is 314 Å². The van der Waals surface area contributed by atoms with E-state index in [-0.39, 0.29) is 0 Å². The van der Waals surface area contributed by atoms with Crippen LogP contribution in [0, 0.1) is 27.7 Å². The fourth-order valence-electron chi connectivity index (χ4n) is 9.72. The zero-order valence-corrected chi connectivity index (χ0v) is 35.2. The van der Waals surface area contributed by atoms with E-state index < -0.39 is 18.0 Å². The van der Waals surface area contributed by atoms with E-state index in [1.165, 1.54) is 77.9 Å². The Morgan fingerprint density at radius 1 is 0.442 bits per heavy atom. The maximum absolute atomic E-state index is 4.47. The van der Waals surface area contributed by atoms with Crippen molar-refractivity contribution in [3.63, 3.8) is 0 Å². The Hall–Kier alpha value is -4.46. The number of benzene rings is 6. The molecule has 0 nitrogen and oxygen atoms in total. The number of aryl methyl sites for hydroxylation is 2. The van der Waals surface area contributed by atoms with E-state index in [1.54, 1.807) is 3.26 Å². The number of hydrogen-bond acceptors (Lipinski definition) is 0. The molecule has 0 aromatic heterocycles. The predicted molar refractivity (Wildman–Crippen MR) is 223 cm³/mol. The topological polar surface area (TPSA) is 0 Å². The Labute approximate surface area is 312 Å². The summed E-state index contributed by atoms with van der Waals surface area (Å²) in [5, 5.41) is 0. The number of allylic oxidation sites excluding steroid dienone is 2. The Morgan fingerprint density at radius 3 is 1.25 bits per heavy atom. The third kappa shape index (κ3) is 5.73. The summed E-state index contributed by atoms with van der Waals surface area (Å²) in [6, 6.07) is 50.4. The molecule has 0 radical (unpaired) electrons. The van der Waals surface area contributed by atoms with Gasteiger partial charge in [-0.05, 0) is 0 Å². The Morgan fingerprint density at radius 2 is 0.827 bits per heavy atom. The molecule has 6 aromatic rings. The van der Waals surface area contributed by atoms with Gasteiger partial charge in [-0.3, -0.25) is 0 Å². The molecule has 0 N–H and O–H groups in total. The first kappa shape index (κ1) is 34.6. The van der Waals surface area contributed by atoms with Crippen LogP contribution >= 0.6 is 0 Å². The molecule has 0 saturated carbocycles. The molecule has 2 aliphatic rings. The van der Waals surface area contributed by atoms with Crippen LogP contribution < -0.4 is 0 Å². The van der Waals surface area contributed by atoms with Gasteiger partial charge in [-0.2, -0.15) is 0 Å². The zero-order chi connectivity index (χ0) is 36.1. The number of hydrogen-bond donors (Lipinski definition) is 0. The van der Waals surface area contributed by atoms with Crippen LogP contribution in [0.25, 0.3) is 34.4 Å². The molecule has 2 atom stereocenters. The van der Waals surface area contributed by atoms with Crippen LogP contribution in [0.2, 0.25) is 9.36 Å². The molecule has 0 fully saturated rings. The summed E-state index contributed by atoms with van der Waals surface area (Å²) in [7, 11) is 0. The molecule has 0 bridgehead atoms. The van der Waals surface area contributed by atoms with Gasteiger partial charge in [-0.15, -0.1) is 0 Å². The molecule has 0 spiro atoms. The summed E-state index contributed by atoms with van der Waals surface area (Å²) in [6.07, 6.45) is 12.3. The summed E-state index contributed by atoms with van der Waals surface area (Å²) in [4.78, 5) is 0. The second-order valence-corrected chi connectivity index (χ2v) is 42.1. The van der Waals surface area contributed by atoms with Crippen molar-refractivity contribution in [3.05, 3.63) is 201 Å². The van der Waals surface area contributed by atoms with E-state index in [2.05, 4.69) is 195 Å². The molecule has 0 heterocycles. The van der Waals surface area contributed by atoms with Crippen molar-refractivity contribution >= 4 is 15.4 Å². The number of fused-ring (bicyclic) bond motifs is 2. The van der Waals surface area contributed by atoms with Gasteiger partial charge in [-0.1, -0.05) is 0 Å². The van der Waals surface area contributed by atoms with Crippen molar-refractivity contribution in [1.29, 1.82) is 0 Å². The van der Waals surface area contributed by atoms with Crippen molar-refractivity contribution in [2.75, 3.05) is 0 Å². The van der Waals surface area contributed by atoms with E-state index in [4.69, 9.17) is 0 Å². The van der Waals surface area contributed by atoms with E-state index >= 15 is 0 Å². The quantitative estimate of drug-likeness (QED) is 0.134. The van der Waals surface area contributed by atoms with Crippen LogP contribution in [0.3, 0.4) is 0 Å². The summed E-state index contributed by atoms with van der Waals surface area (Å²) < 4.78 is 8.14. The first-order chi connectivity index (χ1) is 25.1. The Kier molecular flexibility index (Phi) is 8.99. The van der Waals surface area contributed by atoms with Crippen molar-refractivity contribution in [3.8, 4) is 22.3 Å². The third-order valence-electron chi connectivity index (χ3n) is 13.2. The van der Waals surface area contributed by atoms with Crippen molar-refractivity contribution in [2.24, 2.45) is 0 Å². The SMILES string of the molecule is Cc1cccc(-c2cccc3c2C=C[CH]3[Hf]([CH3])([CH3])(=[C](Cc2ccccc2)Cc2ccccc2)[CH]2C=Cc3c(-c4cccc(C)c4C)cccc32)c1C. The van der Waals surface area contributed by atoms with Gasteiger partial charge in [0.15, 0.2) is 0 Å². The molecule has 2 aliphatic carbocycles. The molecule has 0 aliphatic heterocycles. The van der Waals surface area contributed by atoms with Crippen molar-refractivity contribution in [1.82, 2.24) is 0 Å². The standard InChI is InChI=1S/2C17H15.C15H14.2CH3.Hf/c2*1-12-6-3-9-15(13(12)2)17-11-5-8-14-7-4-10-16(14)17;1-3-8-14(9-4-1)12-7-13-15-10-5-2-6-11-15;;;/h2*3-11H,1-2H3;1-6,8-11H,12-13H2;2*1H3;. The molecular formula is C51H50Hf. The van der Waals surface area contributed by atoms with Gasteiger partial charge in [0, 0.05) is 0 Å². The fraction of sp³-hybridized carbons (Fsp3) is 0.196. The summed E-state index contributed by atoms with van der Waals surface area (Å²) in [5.74, 6) is 0. The molecular weight excluding hydrogens is 791 g/mol. The molecule has 2 unspecified atom stereocenters. The molecule has 8 rings (SSSR count). The van der Waals surface area contributed by atoms with Gasteiger partial charge in [0.2, 0.25) is 0 Å². The van der Waals surface area contributed by atoms with Gasteiger partial charge in [0.1, 0.15) is 0 Å². The Bertz CT molecular complexity index is 2280. The normalized spacial score (nSPS) is 16.2. The molecule has 6 aromatic carbocycles. The maximum atomic E-state index is 2.82. The van der Waals surface area contributed by atoms with Gasteiger partial charge in [0.25, 0.3) is 0 Å². The first-order valence-electron chi connectivity index (χ1n) is 19.0. The summed E-state index contributed by atoms with van der Waals surface area (Å²) >= 11 is -4.47. The molecule has 1 heteroatoms. The van der Waals surface area contributed by atoms with Crippen molar-refractivity contribution in [2.45, 2.75) is 57.2 Å². The first-order valence-corrected chi connectivity index (χ1v) is 32.2.